The molecule has 2 atom stereocenters. The van der Waals surface area contributed by atoms with Crippen molar-refractivity contribution in [3.05, 3.63) is 32.6 Å². The van der Waals surface area contributed by atoms with E-state index in [0.29, 0.717) is 24.1 Å². The van der Waals surface area contributed by atoms with E-state index in [9.17, 15) is 9.59 Å². The van der Waals surface area contributed by atoms with Gasteiger partial charge in [-0.3, -0.25) is 9.36 Å². The summed E-state index contributed by atoms with van der Waals surface area (Å²) in [7, 11) is 5.32. The molecule has 20 heavy (non-hydrogen) atoms. The molecule has 0 amide bonds. The first-order valence-electron chi connectivity index (χ1n) is 7.07. The largest absolute Gasteiger partial charge is 0.330 e. The number of nitrogens with one attached hydrogen (secondary N) is 1. The highest BCUT2D eigenvalue weighted by Crippen LogP contribution is 2.15. The molecule has 2 heterocycles. The summed E-state index contributed by atoms with van der Waals surface area (Å²) >= 11 is 0. The fourth-order valence-corrected chi connectivity index (χ4v) is 2.90. The van der Waals surface area contributed by atoms with Crippen molar-refractivity contribution in [1.82, 2.24) is 19.4 Å². The lowest BCUT2D eigenvalue weighted by Gasteiger charge is -2.35. The van der Waals surface area contributed by atoms with Crippen molar-refractivity contribution < 1.29 is 0 Å². The molecule has 112 valence electrons. The van der Waals surface area contributed by atoms with Crippen LogP contribution < -0.4 is 16.6 Å². The molecule has 1 fully saturated rings. The van der Waals surface area contributed by atoms with Gasteiger partial charge in [-0.05, 0) is 25.9 Å². The number of rotatable bonds is 3. The normalized spacial score (nSPS) is 24.0. The molecule has 1 N–H and O–H groups in total. The fraction of sp³-hybridized carbons (Fsp3) is 0.714. The molecule has 6 heteroatoms. The first-order valence-corrected chi connectivity index (χ1v) is 7.07. The van der Waals surface area contributed by atoms with Gasteiger partial charge in [-0.15, -0.1) is 0 Å². The molecule has 0 spiro atoms. The second-order valence-electron chi connectivity index (χ2n) is 5.93. The molecule has 0 radical (unpaired) electrons. The lowest BCUT2D eigenvalue weighted by Crippen LogP contribution is -2.47. The van der Waals surface area contributed by atoms with Crippen LogP contribution in [0.15, 0.2) is 15.8 Å². The van der Waals surface area contributed by atoms with Crippen molar-refractivity contribution in [3.63, 3.8) is 0 Å². The van der Waals surface area contributed by atoms with Crippen molar-refractivity contribution in [1.29, 1.82) is 0 Å². The van der Waals surface area contributed by atoms with E-state index in [4.69, 9.17) is 0 Å². The molecule has 1 aromatic heterocycles. The van der Waals surface area contributed by atoms with Crippen molar-refractivity contribution in [3.8, 4) is 0 Å². The Balaban J connectivity index is 2.08. The number of hydrogen-bond donors (Lipinski definition) is 1. The minimum atomic E-state index is -0.286. The molecule has 6 nitrogen and oxygen atoms in total. The van der Waals surface area contributed by atoms with E-state index in [1.54, 1.807) is 13.2 Å². The minimum absolute atomic E-state index is 0.207. The molecule has 1 aliphatic heterocycles. The van der Waals surface area contributed by atoms with Crippen LogP contribution in [-0.2, 0) is 20.6 Å². The third-order valence-electron chi connectivity index (χ3n) is 4.18. The van der Waals surface area contributed by atoms with Crippen molar-refractivity contribution in [2.45, 2.75) is 25.9 Å². The summed E-state index contributed by atoms with van der Waals surface area (Å²) in [5, 5.41) is 3.47. The highest BCUT2D eigenvalue weighted by atomic mass is 16.2. The number of piperidine rings is 1. The number of hydrogen-bond acceptors (Lipinski definition) is 4. The zero-order valence-corrected chi connectivity index (χ0v) is 12.7. The van der Waals surface area contributed by atoms with Crippen LogP contribution in [0.5, 0.6) is 0 Å². The molecule has 1 saturated heterocycles. The van der Waals surface area contributed by atoms with Crippen molar-refractivity contribution in [2.24, 2.45) is 20.0 Å². The van der Waals surface area contributed by atoms with Gasteiger partial charge in [0.2, 0.25) is 0 Å². The molecule has 0 bridgehead atoms. The van der Waals surface area contributed by atoms with Gasteiger partial charge in [-0.1, -0.05) is 6.92 Å². The highest BCUT2D eigenvalue weighted by Gasteiger charge is 2.23. The number of likely N-dealkylation sites (tertiary alicyclic amines) is 1. The van der Waals surface area contributed by atoms with Gasteiger partial charge in [0.15, 0.2) is 0 Å². The number of nitrogens with zero attached hydrogens (tertiary/aromatic N) is 3. The monoisotopic (exact) mass is 280 g/mol. The fourth-order valence-electron chi connectivity index (χ4n) is 2.90. The summed E-state index contributed by atoms with van der Waals surface area (Å²) in [6.07, 6.45) is 2.72. The summed E-state index contributed by atoms with van der Waals surface area (Å²) in [5.41, 5.74) is 0.147. The van der Waals surface area contributed by atoms with Gasteiger partial charge < -0.3 is 14.8 Å². The maximum atomic E-state index is 12.0. The topological polar surface area (TPSA) is 59.3 Å². The second kappa shape index (κ2) is 5.93. The van der Waals surface area contributed by atoms with Gasteiger partial charge in [0.05, 0.1) is 0 Å². The molecule has 0 aromatic carbocycles. The Morgan fingerprint density at radius 1 is 1.30 bits per heavy atom. The summed E-state index contributed by atoms with van der Waals surface area (Å²) < 4.78 is 2.62. The van der Waals surface area contributed by atoms with Crippen LogP contribution in [0.25, 0.3) is 0 Å². The lowest BCUT2D eigenvalue weighted by atomic mass is 9.94. The molecular weight excluding hydrogens is 256 g/mol. The van der Waals surface area contributed by atoms with Crippen LogP contribution in [0.4, 0.5) is 0 Å². The number of aromatic nitrogens is 2. The molecule has 1 aromatic rings. The van der Waals surface area contributed by atoms with E-state index in [0.717, 1.165) is 24.1 Å². The second-order valence-corrected chi connectivity index (χ2v) is 5.93. The van der Waals surface area contributed by atoms with Crippen LogP contribution >= 0.6 is 0 Å². The van der Waals surface area contributed by atoms with Gasteiger partial charge in [0.25, 0.3) is 5.56 Å². The molecular formula is C14H24N4O2. The molecule has 0 saturated carbocycles. The summed E-state index contributed by atoms with van der Waals surface area (Å²) in [4.78, 5) is 26.0. The van der Waals surface area contributed by atoms with E-state index in [-0.39, 0.29) is 11.2 Å². The Kier molecular flexibility index (Phi) is 4.45. The van der Waals surface area contributed by atoms with E-state index in [1.807, 2.05) is 0 Å². The Morgan fingerprint density at radius 3 is 2.65 bits per heavy atom. The molecule has 2 rings (SSSR count). The van der Waals surface area contributed by atoms with Gasteiger partial charge in [0.1, 0.15) is 0 Å². The van der Waals surface area contributed by atoms with Gasteiger partial charge >= 0.3 is 5.69 Å². The number of aryl methyl sites for hydroxylation is 1. The van der Waals surface area contributed by atoms with Crippen LogP contribution in [0, 0.1) is 5.92 Å². The first-order chi connectivity index (χ1) is 9.40. The van der Waals surface area contributed by atoms with Crippen molar-refractivity contribution in [2.75, 3.05) is 20.1 Å². The smallest absolute Gasteiger partial charge is 0.309 e. The maximum Gasteiger partial charge on any atom is 0.330 e. The molecule has 0 aliphatic carbocycles. The zero-order valence-electron chi connectivity index (χ0n) is 12.7. The van der Waals surface area contributed by atoms with Crippen LogP contribution in [-0.4, -0.2) is 40.2 Å². The maximum absolute atomic E-state index is 12.0. The highest BCUT2D eigenvalue weighted by molar-refractivity contribution is 5.05. The van der Waals surface area contributed by atoms with Crippen LogP contribution in [0.2, 0.25) is 0 Å². The van der Waals surface area contributed by atoms with Crippen LogP contribution in [0.1, 0.15) is 18.9 Å². The predicted octanol–water partition coefficient (Wildman–Crippen LogP) is -0.486. The Morgan fingerprint density at radius 2 is 2.00 bits per heavy atom. The quantitative estimate of drug-likeness (QED) is 0.812. The summed E-state index contributed by atoms with van der Waals surface area (Å²) in [6, 6.07) is 0.424. The standard InChI is InChI=1S/C14H24N4O2/c1-10-8-16(2)6-5-12(10)15-7-11-9-17(3)14(20)18(4)13(11)19/h9-10,12,15H,5-8H2,1-4H3. The van der Waals surface area contributed by atoms with E-state index in [1.165, 1.54) is 11.6 Å². The Hall–Kier alpha value is -1.40. The summed E-state index contributed by atoms with van der Waals surface area (Å²) in [6.45, 7) is 4.89. The first kappa shape index (κ1) is 15.0. The predicted molar refractivity (Wildman–Crippen MR) is 78.8 cm³/mol. The van der Waals surface area contributed by atoms with E-state index < -0.39 is 0 Å². The van der Waals surface area contributed by atoms with Gasteiger partial charge in [-0.2, -0.15) is 0 Å². The molecule has 1 aliphatic rings. The average molecular weight is 280 g/mol. The molecule has 2 unspecified atom stereocenters. The minimum Gasteiger partial charge on any atom is -0.309 e. The third-order valence-corrected chi connectivity index (χ3v) is 4.18. The lowest BCUT2D eigenvalue weighted by molar-refractivity contribution is 0.174. The SMILES string of the molecule is CC1CN(C)CCC1NCc1cn(C)c(=O)n(C)c1=O. The summed E-state index contributed by atoms with van der Waals surface area (Å²) in [5.74, 6) is 0.560. The van der Waals surface area contributed by atoms with Crippen molar-refractivity contribution >= 4 is 0 Å². The van der Waals surface area contributed by atoms with E-state index in [2.05, 4.69) is 24.2 Å². The zero-order chi connectivity index (χ0) is 14.9. The van der Waals surface area contributed by atoms with Gasteiger partial charge in [-0.25, -0.2) is 4.79 Å². The third kappa shape index (κ3) is 3.02. The van der Waals surface area contributed by atoms with Gasteiger partial charge in [0, 0.05) is 45.0 Å². The van der Waals surface area contributed by atoms with Crippen LogP contribution in [0.3, 0.4) is 0 Å². The Bertz CT molecular complexity index is 590. The Labute approximate surface area is 119 Å². The average Bonchev–Trinajstić information content (AvgIpc) is 2.40. The van der Waals surface area contributed by atoms with E-state index >= 15 is 0 Å².